The first-order valence-electron chi connectivity index (χ1n) is 9.18. The lowest BCUT2D eigenvalue weighted by Gasteiger charge is -2.40. The molecule has 2 atom stereocenters. The van der Waals surface area contributed by atoms with Gasteiger partial charge in [-0.2, -0.15) is 123 Å². The van der Waals surface area contributed by atoms with Crippen LogP contribution in [0, 0.1) is 0 Å². The monoisotopic (exact) mass is 777 g/mol. The maximum Gasteiger partial charge on any atom is 0.462 e. The van der Waals surface area contributed by atoms with Gasteiger partial charge >= 0.3 is 87.6 Å². The van der Waals surface area contributed by atoms with Gasteiger partial charge in [-0.1, -0.05) is 0 Å². The van der Waals surface area contributed by atoms with Gasteiger partial charge in [0.2, 0.25) is 0 Å². The fourth-order valence-corrected chi connectivity index (χ4v) is 2.91. The molecule has 0 radical (unpaired) electrons. The first-order valence-corrected chi connectivity index (χ1v) is 10.7. The maximum absolute atomic E-state index is 14.2. The Hall–Kier alpha value is -2.48. The zero-order valence-corrected chi connectivity index (χ0v) is 20.1. The highest BCUT2D eigenvalue weighted by atomic mass is 32.2. The Morgan fingerprint density at radius 2 is 0.783 bits per heavy atom. The Labute approximate surface area is 230 Å². The molecule has 0 aromatic heterocycles. The number of hydrogen-bond acceptors (Lipinski definition) is 5. The van der Waals surface area contributed by atoms with E-state index in [0.717, 1.165) is 4.74 Å². The smallest absolute Gasteiger partial charge is 0.267 e. The zero-order valence-electron chi connectivity index (χ0n) is 19.3. The Morgan fingerprint density at radius 1 is 0.435 bits per heavy atom. The first-order chi connectivity index (χ1) is 19.3. The Kier molecular flexibility index (Phi) is 10.4. The van der Waals surface area contributed by atoms with Gasteiger partial charge < -0.3 is 0 Å². The van der Waals surface area contributed by atoms with Gasteiger partial charge in [0.25, 0.3) is 0 Å². The van der Waals surface area contributed by atoms with Crippen LogP contribution in [0.3, 0.4) is 0 Å². The standard InChI is InChI=1S/C13HF26NO5S/c14-2(7(22,23)24,1(41)40-46(42,43)13(38,39)4(17,18)3(15,16)8(25,26)27)44-12(36,37)6(21,10(31,32)33)45-11(34,35)5(19,20)9(28,29)30/h(H,40,41). The van der Waals surface area contributed by atoms with Gasteiger partial charge in [-0.15, -0.1) is 0 Å². The van der Waals surface area contributed by atoms with Crippen molar-refractivity contribution in [1.29, 1.82) is 0 Å². The second-order valence-electron chi connectivity index (χ2n) is 7.59. The highest BCUT2D eigenvalue weighted by Crippen LogP contribution is 2.57. The van der Waals surface area contributed by atoms with E-state index in [2.05, 4.69) is 0 Å². The van der Waals surface area contributed by atoms with E-state index >= 15 is 0 Å². The molecule has 0 heterocycles. The molecule has 0 spiro atoms. The second kappa shape index (κ2) is 11.0. The summed E-state index contributed by atoms with van der Waals surface area (Å²) in [4.78, 5) is 11.3. The second-order valence-corrected chi connectivity index (χ2v) is 9.32. The molecular weight excluding hydrogens is 776 g/mol. The van der Waals surface area contributed by atoms with Gasteiger partial charge in [-0.3, -0.25) is 14.3 Å². The van der Waals surface area contributed by atoms with Crippen molar-refractivity contribution in [2.45, 2.75) is 71.7 Å². The van der Waals surface area contributed by atoms with Crippen LogP contribution >= 0.6 is 0 Å². The predicted molar refractivity (Wildman–Crippen MR) is 80.8 cm³/mol. The summed E-state index contributed by atoms with van der Waals surface area (Å²) in [5, 5.41) is -8.38. The molecule has 6 nitrogen and oxygen atoms in total. The predicted octanol–water partition coefficient (Wildman–Crippen LogP) is 6.73. The van der Waals surface area contributed by atoms with Crippen molar-refractivity contribution < 1.29 is 137 Å². The zero-order chi connectivity index (χ0) is 38.2. The van der Waals surface area contributed by atoms with Gasteiger partial charge in [-0.25, -0.2) is 4.72 Å². The topological polar surface area (TPSA) is 81.7 Å². The van der Waals surface area contributed by atoms with E-state index in [4.69, 9.17) is 0 Å². The molecule has 0 fully saturated rings. The number of rotatable bonds is 11. The summed E-state index contributed by atoms with van der Waals surface area (Å²) in [6.45, 7) is 0. The number of halogens is 26. The van der Waals surface area contributed by atoms with Crippen molar-refractivity contribution >= 4 is 15.9 Å². The fourth-order valence-electron chi connectivity index (χ4n) is 1.94. The van der Waals surface area contributed by atoms with E-state index in [0.29, 0.717) is 0 Å². The number of alkyl halides is 26. The van der Waals surface area contributed by atoms with E-state index < -0.39 is 92.3 Å². The Balaban J connectivity index is 7.22. The molecule has 0 saturated carbocycles. The minimum absolute atomic E-state index is 0.990. The lowest BCUT2D eigenvalue weighted by molar-refractivity contribution is -0.548. The average Bonchev–Trinajstić information content (AvgIpc) is 2.74. The molecule has 0 aromatic carbocycles. The van der Waals surface area contributed by atoms with Gasteiger partial charge in [-0.05, 0) is 0 Å². The van der Waals surface area contributed by atoms with Crippen molar-refractivity contribution in [2.75, 3.05) is 0 Å². The molecule has 1 N–H and O–H groups in total. The molecule has 0 saturated heterocycles. The molecule has 0 bridgehead atoms. The average molecular weight is 777 g/mol. The van der Waals surface area contributed by atoms with Crippen LogP contribution in [0.4, 0.5) is 114 Å². The lowest BCUT2D eigenvalue weighted by atomic mass is 10.1. The minimum Gasteiger partial charge on any atom is -0.267 e. The van der Waals surface area contributed by atoms with E-state index in [1.807, 2.05) is 0 Å². The van der Waals surface area contributed by atoms with Crippen molar-refractivity contribution in [3.05, 3.63) is 0 Å². The number of hydrogen-bond donors (Lipinski definition) is 1. The van der Waals surface area contributed by atoms with Gasteiger partial charge in [0.1, 0.15) is 0 Å². The van der Waals surface area contributed by atoms with Gasteiger partial charge in [0.05, 0.1) is 0 Å². The van der Waals surface area contributed by atoms with Crippen molar-refractivity contribution in [1.82, 2.24) is 4.72 Å². The molecule has 0 aliphatic carbocycles. The Bertz CT molecular complexity index is 1240. The Morgan fingerprint density at radius 3 is 1.07 bits per heavy atom. The van der Waals surface area contributed by atoms with Gasteiger partial charge in [0.15, 0.2) is 0 Å². The molecule has 0 aliphatic heterocycles. The normalized spacial score (nSPS) is 18.6. The third kappa shape index (κ3) is 6.61. The highest BCUT2D eigenvalue weighted by Gasteiger charge is 2.88. The summed E-state index contributed by atoms with van der Waals surface area (Å²) in [6.07, 6.45) is -49.7. The van der Waals surface area contributed by atoms with Crippen LogP contribution in [0.15, 0.2) is 0 Å². The third-order valence-corrected chi connectivity index (χ3v) is 5.72. The molecule has 0 rings (SSSR count). The largest absolute Gasteiger partial charge is 0.462 e. The quantitative estimate of drug-likeness (QED) is 0.236. The van der Waals surface area contributed by atoms with Crippen molar-refractivity contribution in [2.24, 2.45) is 0 Å². The minimum atomic E-state index is -8.91. The van der Waals surface area contributed by atoms with E-state index in [9.17, 15) is 127 Å². The van der Waals surface area contributed by atoms with E-state index in [1.54, 1.807) is 0 Å². The molecule has 46 heavy (non-hydrogen) atoms. The third-order valence-electron chi connectivity index (χ3n) is 4.34. The van der Waals surface area contributed by atoms with Crippen LogP contribution in [0.5, 0.6) is 0 Å². The molecule has 276 valence electrons. The summed E-state index contributed by atoms with van der Waals surface area (Å²) < 4.78 is 359. The van der Waals surface area contributed by atoms with Crippen LogP contribution in [0.1, 0.15) is 0 Å². The summed E-state index contributed by atoms with van der Waals surface area (Å²) in [7, 11) is -8.91. The number of sulfonamides is 1. The molecule has 2 unspecified atom stereocenters. The van der Waals surface area contributed by atoms with Crippen molar-refractivity contribution in [3.8, 4) is 0 Å². The maximum atomic E-state index is 14.2. The van der Waals surface area contributed by atoms with E-state index in [-0.39, 0.29) is 0 Å². The number of ether oxygens (including phenoxy) is 2. The van der Waals surface area contributed by atoms with Crippen molar-refractivity contribution in [3.63, 3.8) is 0 Å². The number of carbonyl (C=O) groups excluding carboxylic acids is 1. The fraction of sp³-hybridized carbons (Fsp3) is 0.923. The highest BCUT2D eigenvalue weighted by molar-refractivity contribution is 7.91. The summed E-state index contributed by atoms with van der Waals surface area (Å²) in [5.41, 5.74) is 0. The number of amides is 1. The molecule has 1 amide bonds. The number of nitrogens with one attached hydrogen (secondary N) is 1. The summed E-state index contributed by atoms with van der Waals surface area (Å²) in [6, 6.07) is 0. The summed E-state index contributed by atoms with van der Waals surface area (Å²) >= 11 is 0. The van der Waals surface area contributed by atoms with Crippen LogP contribution < -0.4 is 4.72 Å². The summed E-state index contributed by atoms with van der Waals surface area (Å²) in [5.74, 6) is -47.4. The molecule has 33 heteroatoms. The molecular formula is C13HF26NO5S. The number of carbonyl (C=O) groups is 1. The van der Waals surface area contributed by atoms with Crippen LogP contribution in [0.2, 0.25) is 0 Å². The lowest BCUT2D eigenvalue weighted by Crippen LogP contribution is -2.70. The molecule has 0 aliphatic rings. The SMILES string of the molecule is O=C(NS(=O)(=O)C(F)(F)C(F)(F)C(F)(F)C(F)(F)F)C(F)(OC(F)(F)C(F)(OC(F)(F)C(F)(F)C(F)(F)F)C(F)(F)F)C(F)(F)F. The van der Waals surface area contributed by atoms with Crippen LogP contribution in [-0.4, -0.2) is 86.0 Å². The van der Waals surface area contributed by atoms with Crippen LogP contribution in [0.25, 0.3) is 0 Å². The first kappa shape index (κ1) is 43.5. The molecule has 0 aromatic rings. The van der Waals surface area contributed by atoms with E-state index in [1.165, 1.54) is 4.74 Å². The van der Waals surface area contributed by atoms with Crippen LogP contribution in [-0.2, 0) is 24.3 Å². The van der Waals surface area contributed by atoms with Gasteiger partial charge in [0, 0.05) is 0 Å².